The number of aromatic nitrogens is 3. The van der Waals surface area contributed by atoms with E-state index in [0.29, 0.717) is 23.8 Å². The van der Waals surface area contributed by atoms with E-state index in [2.05, 4.69) is 15.1 Å². The lowest BCUT2D eigenvalue weighted by Gasteiger charge is -1.93. The van der Waals surface area contributed by atoms with Gasteiger partial charge in [0.2, 0.25) is 17.6 Å². The molecule has 2 N–H and O–H groups in total. The van der Waals surface area contributed by atoms with E-state index in [1.54, 1.807) is 6.20 Å². The molecule has 0 aliphatic heterocycles. The van der Waals surface area contributed by atoms with Gasteiger partial charge in [0.15, 0.2) is 0 Å². The Kier molecular flexibility index (Phi) is 3.13. The second-order valence-corrected chi connectivity index (χ2v) is 3.70. The molecule has 0 bridgehead atoms. The maximum Gasteiger partial charge on any atom is 0.227 e. The molecule has 0 aliphatic carbocycles. The van der Waals surface area contributed by atoms with E-state index in [1.165, 1.54) is 0 Å². The van der Waals surface area contributed by atoms with E-state index in [4.69, 9.17) is 10.3 Å². The molecule has 0 saturated heterocycles. The Bertz CT molecular complexity index is 519. The second-order valence-electron chi connectivity index (χ2n) is 3.70. The standard InChI is InChI=1S/C11H12N4O2/c1-7-2-3-8(13-6-7)11-14-10(17-15-11)5-4-9(12)16/h2-3,6H,4-5H2,1H3,(H2,12,16). The first-order chi connectivity index (χ1) is 8.15. The highest BCUT2D eigenvalue weighted by Gasteiger charge is 2.10. The van der Waals surface area contributed by atoms with Crippen LogP contribution in [0.4, 0.5) is 0 Å². The minimum atomic E-state index is -0.391. The Morgan fingerprint density at radius 2 is 2.29 bits per heavy atom. The van der Waals surface area contributed by atoms with Gasteiger partial charge in [0.25, 0.3) is 0 Å². The van der Waals surface area contributed by atoms with Crippen LogP contribution < -0.4 is 5.73 Å². The number of aryl methyl sites for hydroxylation is 2. The fraction of sp³-hybridized carbons (Fsp3) is 0.273. The number of hydrogen-bond acceptors (Lipinski definition) is 5. The predicted octanol–water partition coefficient (Wildman–Crippen LogP) is 0.858. The topological polar surface area (TPSA) is 94.9 Å². The normalized spacial score (nSPS) is 10.4. The number of nitrogens with two attached hydrogens (primary N) is 1. The summed E-state index contributed by atoms with van der Waals surface area (Å²) >= 11 is 0. The van der Waals surface area contributed by atoms with Gasteiger partial charge < -0.3 is 10.3 Å². The summed E-state index contributed by atoms with van der Waals surface area (Å²) in [7, 11) is 0. The molecule has 6 heteroatoms. The van der Waals surface area contributed by atoms with Gasteiger partial charge in [-0.2, -0.15) is 4.98 Å². The Balaban J connectivity index is 2.12. The largest absolute Gasteiger partial charge is 0.370 e. The molecule has 2 rings (SSSR count). The minimum Gasteiger partial charge on any atom is -0.370 e. The molecule has 17 heavy (non-hydrogen) atoms. The van der Waals surface area contributed by atoms with Crippen molar-refractivity contribution in [3.05, 3.63) is 29.8 Å². The Labute approximate surface area is 97.9 Å². The molecular weight excluding hydrogens is 220 g/mol. The molecule has 2 aromatic rings. The van der Waals surface area contributed by atoms with E-state index in [-0.39, 0.29) is 6.42 Å². The van der Waals surface area contributed by atoms with Crippen LogP contribution >= 0.6 is 0 Å². The fourth-order valence-electron chi connectivity index (χ4n) is 1.29. The summed E-state index contributed by atoms with van der Waals surface area (Å²) in [5, 5.41) is 3.79. The predicted molar refractivity (Wildman–Crippen MR) is 59.8 cm³/mol. The van der Waals surface area contributed by atoms with Crippen LogP contribution in [0.3, 0.4) is 0 Å². The third-order valence-electron chi connectivity index (χ3n) is 2.19. The number of carbonyl (C=O) groups is 1. The molecule has 0 fully saturated rings. The van der Waals surface area contributed by atoms with Crippen molar-refractivity contribution in [1.82, 2.24) is 15.1 Å². The quantitative estimate of drug-likeness (QED) is 0.843. The van der Waals surface area contributed by atoms with E-state index < -0.39 is 5.91 Å². The highest BCUT2D eigenvalue weighted by Crippen LogP contribution is 2.13. The van der Waals surface area contributed by atoms with Gasteiger partial charge in [-0.1, -0.05) is 11.2 Å². The van der Waals surface area contributed by atoms with Gasteiger partial charge in [-0.15, -0.1) is 0 Å². The number of nitrogens with zero attached hydrogens (tertiary/aromatic N) is 3. The van der Waals surface area contributed by atoms with E-state index in [1.807, 2.05) is 19.1 Å². The van der Waals surface area contributed by atoms with Crippen LogP contribution in [0.2, 0.25) is 0 Å². The number of carbonyl (C=O) groups excluding carboxylic acids is 1. The van der Waals surface area contributed by atoms with Crippen molar-refractivity contribution in [2.24, 2.45) is 5.73 Å². The molecule has 0 saturated carbocycles. The highest BCUT2D eigenvalue weighted by molar-refractivity contribution is 5.73. The lowest BCUT2D eigenvalue weighted by Crippen LogP contribution is -2.11. The van der Waals surface area contributed by atoms with Crippen molar-refractivity contribution in [2.45, 2.75) is 19.8 Å². The summed E-state index contributed by atoms with van der Waals surface area (Å²) in [5.74, 6) is 0.420. The molecular formula is C11H12N4O2. The van der Waals surface area contributed by atoms with Crippen LogP contribution in [-0.2, 0) is 11.2 Å². The van der Waals surface area contributed by atoms with Crippen molar-refractivity contribution in [3.63, 3.8) is 0 Å². The zero-order chi connectivity index (χ0) is 12.3. The number of primary amides is 1. The number of rotatable bonds is 4. The molecule has 0 atom stereocenters. The molecule has 1 amide bonds. The van der Waals surface area contributed by atoms with Crippen LogP contribution in [0, 0.1) is 6.92 Å². The maximum atomic E-state index is 10.6. The minimum absolute atomic E-state index is 0.197. The monoisotopic (exact) mass is 232 g/mol. The van der Waals surface area contributed by atoms with Crippen molar-refractivity contribution in [2.75, 3.05) is 0 Å². The van der Waals surface area contributed by atoms with Crippen molar-refractivity contribution in [3.8, 4) is 11.5 Å². The molecule has 2 aromatic heterocycles. The average Bonchev–Trinajstić information content (AvgIpc) is 2.76. The van der Waals surface area contributed by atoms with E-state index in [9.17, 15) is 4.79 Å². The van der Waals surface area contributed by atoms with Gasteiger partial charge in [0, 0.05) is 19.0 Å². The summed E-state index contributed by atoms with van der Waals surface area (Å²) in [6.07, 6.45) is 2.28. The smallest absolute Gasteiger partial charge is 0.227 e. The lowest BCUT2D eigenvalue weighted by molar-refractivity contribution is -0.118. The first-order valence-corrected chi connectivity index (χ1v) is 5.19. The third kappa shape index (κ3) is 2.87. The van der Waals surface area contributed by atoms with Crippen LogP contribution in [0.25, 0.3) is 11.5 Å². The maximum absolute atomic E-state index is 10.6. The Morgan fingerprint density at radius 3 is 2.94 bits per heavy atom. The summed E-state index contributed by atoms with van der Waals surface area (Å²) in [5.41, 5.74) is 6.74. The molecule has 0 radical (unpaired) electrons. The molecule has 0 aromatic carbocycles. The first-order valence-electron chi connectivity index (χ1n) is 5.19. The summed E-state index contributed by atoms with van der Waals surface area (Å²) in [6.45, 7) is 1.95. The molecule has 0 spiro atoms. The van der Waals surface area contributed by atoms with E-state index >= 15 is 0 Å². The molecule has 0 unspecified atom stereocenters. The first kappa shape index (κ1) is 11.3. The van der Waals surface area contributed by atoms with Crippen molar-refractivity contribution in [1.29, 1.82) is 0 Å². The zero-order valence-corrected chi connectivity index (χ0v) is 9.38. The molecule has 6 nitrogen and oxygen atoms in total. The van der Waals surface area contributed by atoms with Gasteiger partial charge >= 0.3 is 0 Å². The van der Waals surface area contributed by atoms with Gasteiger partial charge in [-0.25, -0.2) is 0 Å². The molecule has 0 aliphatic rings. The van der Waals surface area contributed by atoms with Crippen LogP contribution in [0.1, 0.15) is 17.9 Å². The van der Waals surface area contributed by atoms with Crippen LogP contribution in [0.5, 0.6) is 0 Å². The second kappa shape index (κ2) is 4.73. The fourth-order valence-corrected chi connectivity index (χ4v) is 1.29. The summed E-state index contributed by atoms with van der Waals surface area (Å²) in [4.78, 5) is 18.9. The average molecular weight is 232 g/mol. The van der Waals surface area contributed by atoms with Gasteiger partial charge in [-0.05, 0) is 18.6 Å². The summed E-state index contributed by atoms with van der Waals surface area (Å²) < 4.78 is 4.99. The van der Waals surface area contributed by atoms with E-state index in [0.717, 1.165) is 5.56 Å². The Hall–Kier alpha value is -2.24. The molecule has 2 heterocycles. The lowest BCUT2D eigenvalue weighted by atomic mass is 10.2. The summed E-state index contributed by atoms with van der Waals surface area (Å²) in [6, 6.07) is 3.74. The zero-order valence-electron chi connectivity index (χ0n) is 9.38. The number of hydrogen-bond donors (Lipinski definition) is 1. The highest BCUT2D eigenvalue weighted by atomic mass is 16.5. The van der Waals surface area contributed by atoms with Crippen molar-refractivity contribution < 1.29 is 9.32 Å². The number of amides is 1. The van der Waals surface area contributed by atoms with Crippen molar-refractivity contribution >= 4 is 5.91 Å². The van der Waals surface area contributed by atoms with Gasteiger partial charge in [-0.3, -0.25) is 9.78 Å². The Morgan fingerprint density at radius 1 is 1.47 bits per heavy atom. The molecule has 88 valence electrons. The third-order valence-corrected chi connectivity index (χ3v) is 2.19. The van der Waals surface area contributed by atoms with Gasteiger partial charge in [0.05, 0.1) is 0 Å². The van der Waals surface area contributed by atoms with Crippen LogP contribution in [-0.4, -0.2) is 21.0 Å². The van der Waals surface area contributed by atoms with Gasteiger partial charge in [0.1, 0.15) is 5.69 Å². The van der Waals surface area contributed by atoms with Crippen LogP contribution in [0.15, 0.2) is 22.9 Å². The SMILES string of the molecule is Cc1ccc(-c2noc(CCC(N)=O)n2)nc1. The number of pyridine rings is 1.